The number of unbranched alkanes of at least 4 members (excludes halogenated alkanes) is 1. The number of benzene rings is 3. The Kier molecular flexibility index (Phi) is 9.12. The largest absolute Gasteiger partial charge is 0.507 e. The number of nitrogens with zero attached hydrogens (tertiary/aromatic N) is 4. The number of ether oxygens (including phenoxy) is 1. The Morgan fingerprint density at radius 2 is 1.81 bits per heavy atom. The number of nitro benzene ring substituents is 1. The fraction of sp³-hybridized carbons (Fsp3) is 0.200. The molecular formula is C30H25FN4O6S2. The molecular weight excluding hydrogens is 595 g/mol. The standard InChI is InChI=1S/C30H25FN4O6S2/c1-2-3-16-41-22-14-10-19(11-15-22)26(36)24-25(18-8-12-21(13-9-18)35(39)40)34(28(38)27(24)37)29-32-33-30(43-29)42-17-20-6-4-5-7-23(20)31/h4-15,25,36H,2-3,16-17H2,1H3/t25-/m1/s1. The molecule has 220 valence electrons. The number of nitro groups is 1. The van der Waals surface area contributed by atoms with Crippen LogP contribution in [0, 0.1) is 15.9 Å². The smallest absolute Gasteiger partial charge is 0.301 e. The van der Waals surface area contributed by atoms with Crippen LogP contribution in [0.1, 0.15) is 42.5 Å². The highest BCUT2D eigenvalue weighted by molar-refractivity contribution is 8.00. The number of carbonyl (C=O) groups excluding carboxylic acids is 2. The SMILES string of the molecule is CCCCOc1ccc(C(O)=C2C(=O)C(=O)N(c3nnc(SCc4ccccc4F)s3)[C@@H]2c2ccc([N+](=O)[O-])cc2)cc1. The van der Waals surface area contributed by atoms with Crippen LogP contribution in [-0.2, 0) is 15.3 Å². The lowest BCUT2D eigenvalue weighted by Crippen LogP contribution is -2.29. The monoisotopic (exact) mass is 620 g/mol. The number of carbonyl (C=O) groups is 2. The van der Waals surface area contributed by atoms with Gasteiger partial charge in [-0.1, -0.05) is 54.6 Å². The van der Waals surface area contributed by atoms with Crippen molar-refractivity contribution in [3.63, 3.8) is 0 Å². The van der Waals surface area contributed by atoms with Crippen molar-refractivity contribution in [3.8, 4) is 5.75 Å². The Labute approximate surface area is 254 Å². The van der Waals surface area contributed by atoms with E-state index >= 15 is 0 Å². The van der Waals surface area contributed by atoms with Crippen molar-refractivity contribution in [2.45, 2.75) is 35.9 Å². The van der Waals surface area contributed by atoms with Crippen molar-refractivity contribution in [1.29, 1.82) is 0 Å². The number of anilines is 1. The summed E-state index contributed by atoms with van der Waals surface area (Å²) >= 11 is 2.25. The lowest BCUT2D eigenvalue weighted by Gasteiger charge is -2.22. The molecule has 0 bridgehead atoms. The summed E-state index contributed by atoms with van der Waals surface area (Å²) in [5, 5.41) is 31.0. The van der Waals surface area contributed by atoms with Gasteiger partial charge >= 0.3 is 5.91 Å². The molecule has 1 aliphatic rings. The molecule has 0 aliphatic carbocycles. The van der Waals surface area contributed by atoms with Crippen LogP contribution < -0.4 is 9.64 Å². The lowest BCUT2D eigenvalue weighted by atomic mass is 9.95. The lowest BCUT2D eigenvalue weighted by molar-refractivity contribution is -0.384. The van der Waals surface area contributed by atoms with Crippen LogP contribution in [0.25, 0.3) is 5.76 Å². The van der Waals surface area contributed by atoms with E-state index in [1.54, 1.807) is 42.5 Å². The Balaban J connectivity index is 1.51. The minimum Gasteiger partial charge on any atom is -0.507 e. The van der Waals surface area contributed by atoms with Crippen molar-refractivity contribution >= 4 is 51.4 Å². The average Bonchev–Trinajstić information content (AvgIpc) is 3.58. The molecule has 0 radical (unpaired) electrons. The van der Waals surface area contributed by atoms with E-state index in [0.29, 0.717) is 27.8 Å². The molecule has 0 saturated carbocycles. The van der Waals surface area contributed by atoms with Crippen molar-refractivity contribution < 1.29 is 28.7 Å². The molecule has 10 nitrogen and oxygen atoms in total. The zero-order valence-corrected chi connectivity index (χ0v) is 24.4. The normalized spacial score (nSPS) is 16.0. The number of amides is 1. The number of ketones is 1. The maximum Gasteiger partial charge on any atom is 0.301 e. The van der Waals surface area contributed by atoms with Crippen molar-refractivity contribution in [2.24, 2.45) is 0 Å². The summed E-state index contributed by atoms with van der Waals surface area (Å²) in [7, 11) is 0. The molecule has 43 heavy (non-hydrogen) atoms. The minimum absolute atomic E-state index is 0.0835. The van der Waals surface area contributed by atoms with Gasteiger partial charge in [-0.05, 0) is 60.0 Å². The molecule has 1 atom stereocenters. The van der Waals surface area contributed by atoms with Gasteiger partial charge in [0, 0.05) is 23.4 Å². The highest BCUT2D eigenvalue weighted by Gasteiger charge is 2.48. The summed E-state index contributed by atoms with van der Waals surface area (Å²) in [6.45, 7) is 2.59. The van der Waals surface area contributed by atoms with E-state index in [1.165, 1.54) is 42.1 Å². The first-order chi connectivity index (χ1) is 20.8. The summed E-state index contributed by atoms with van der Waals surface area (Å²) in [5.41, 5.74) is 0.724. The number of halogens is 1. The molecule has 0 unspecified atom stereocenters. The molecule has 3 aromatic carbocycles. The van der Waals surface area contributed by atoms with Gasteiger partial charge in [0.1, 0.15) is 17.3 Å². The van der Waals surface area contributed by atoms with E-state index in [1.807, 2.05) is 0 Å². The minimum atomic E-state index is -1.14. The van der Waals surface area contributed by atoms with E-state index in [4.69, 9.17) is 4.74 Å². The molecule has 1 fully saturated rings. The predicted octanol–water partition coefficient (Wildman–Crippen LogP) is 6.68. The summed E-state index contributed by atoms with van der Waals surface area (Å²) in [6.07, 6.45) is 1.86. The van der Waals surface area contributed by atoms with Gasteiger partial charge in [0.05, 0.1) is 23.1 Å². The summed E-state index contributed by atoms with van der Waals surface area (Å²) < 4.78 is 20.2. The van der Waals surface area contributed by atoms with Gasteiger partial charge < -0.3 is 9.84 Å². The molecule has 1 N–H and O–H groups in total. The molecule has 2 heterocycles. The van der Waals surface area contributed by atoms with E-state index < -0.39 is 28.4 Å². The predicted molar refractivity (Wildman–Crippen MR) is 161 cm³/mol. The number of hydrogen-bond acceptors (Lipinski definition) is 10. The zero-order chi connectivity index (χ0) is 30.5. The second-order valence-electron chi connectivity index (χ2n) is 9.47. The maximum atomic E-state index is 14.1. The van der Waals surface area contributed by atoms with Gasteiger partial charge in [-0.25, -0.2) is 4.39 Å². The first kappa shape index (κ1) is 29.9. The van der Waals surface area contributed by atoms with E-state index in [-0.39, 0.29) is 33.5 Å². The van der Waals surface area contributed by atoms with Gasteiger partial charge in [-0.15, -0.1) is 10.2 Å². The van der Waals surface area contributed by atoms with Crippen LogP contribution in [0.15, 0.2) is 82.7 Å². The van der Waals surface area contributed by atoms with Crippen LogP contribution in [-0.4, -0.2) is 38.5 Å². The van der Waals surface area contributed by atoms with Gasteiger partial charge in [0.15, 0.2) is 4.34 Å². The van der Waals surface area contributed by atoms with Crippen molar-refractivity contribution in [3.05, 3.63) is 111 Å². The topological polar surface area (TPSA) is 136 Å². The molecule has 1 amide bonds. The van der Waals surface area contributed by atoms with Crippen LogP contribution in [0.3, 0.4) is 0 Å². The molecule has 1 saturated heterocycles. The van der Waals surface area contributed by atoms with Crippen LogP contribution in [0.2, 0.25) is 0 Å². The van der Waals surface area contributed by atoms with Gasteiger partial charge in [0.25, 0.3) is 11.5 Å². The highest BCUT2D eigenvalue weighted by Crippen LogP contribution is 2.44. The third kappa shape index (κ3) is 6.42. The summed E-state index contributed by atoms with van der Waals surface area (Å²) in [4.78, 5) is 38.7. The Morgan fingerprint density at radius 3 is 2.49 bits per heavy atom. The third-order valence-electron chi connectivity index (χ3n) is 6.67. The summed E-state index contributed by atoms with van der Waals surface area (Å²) in [5.74, 6) is -1.80. The van der Waals surface area contributed by atoms with Crippen LogP contribution >= 0.6 is 23.1 Å². The van der Waals surface area contributed by atoms with Gasteiger partial charge in [0.2, 0.25) is 5.13 Å². The number of non-ortho nitro benzene ring substituents is 1. The van der Waals surface area contributed by atoms with E-state index in [0.717, 1.165) is 29.1 Å². The Morgan fingerprint density at radius 1 is 1.09 bits per heavy atom. The maximum absolute atomic E-state index is 14.1. The fourth-order valence-corrected chi connectivity index (χ4v) is 6.29. The zero-order valence-electron chi connectivity index (χ0n) is 22.8. The number of aliphatic hydroxyl groups is 1. The second kappa shape index (κ2) is 13.1. The molecule has 13 heteroatoms. The Bertz CT molecular complexity index is 1690. The van der Waals surface area contributed by atoms with E-state index in [2.05, 4.69) is 17.1 Å². The molecule has 1 aliphatic heterocycles. The molecule has 1 aromatic heterocycles. The van der Waals surface area contributed by atoms with E-state index in [9.17, 15) is 29.2 Å². The number of aliphatic hydroxyl groups excluding tert-OH is 1. The van der Waals surface area contributed by atoms with Gasteiger partial charge in [-0.3, -0.25) is 24.6 Å². The highest BCUT2D eigenvalue weighted by atomic mass is 32.2. The fourth-order valence-electron chi connectivity index (χ4n) is 4.44. The van der Waals surface area contributed by atoms with Crippen LogP contribution in [0.5, 0.6) is 5.75 Å². The average molecular weight is 621 g/mol. The molecule has 4 aromatic rings. The molecule has 5 rings (SSSR count). The Hall–Kier alpha value is -4.62. The van der Waals surface area contributed by atoms with Crippen LogP contribution in [0.4, 0.5) is 15.2 Å². The third-order valence-corrected chi connectivity index (χ3v) is 8.77. The quantitative estimate of drug-likeness (QED) is 0.0284. The molecule has 0 spiro atoms. The number of hydrogen-bond donors (Lipinski definition) is 1. The van der Waals surface area contributed by atoms with Crippen molar-refractivity contribution in [1.82, 2.24) is 10.2 Å². The number of Topliss-reactive ketones (excluding diaryl/α,β-unsaturated/α-hetero) is 1. The second-order valence-corrected chi connectivity index (χ2v) is 11.7. The first-order valence-electron chi connectivity index (χ1n) is 13.3. The number of rotatable bonds is 11. The first-order valence-corrected chi connectivity index (χ1v) is 15.1. The van der Waals surface area contributed by atoms with Gasteiger partial charge in [-0.2, -0.15) is 0 Å². The number of thioether (sulfide) groups is 1. The number of aromatic nitrogens is 2. The van der Waals surface area contributed by atoms with Crippen molar-refractivity contribution in [2.75, 3.05) is 11.5 Å². The summed E-state index contributed by atoms with van der Waals surface area (Å²) in [6, 6.07) is 17.0.